The number of nitrogens with one attached hydrogen (secondary N) is 2. The van der Waals surface area contributed by atoms with E-state index in [2.05, 4.69) is 10.6 Å². The van der Waals surface area contributed by atoms with Gasteiger partial charge in [-0.05, 0) is 18.2 Å². The lowest BCUT2D eigenvalue weighted by Gasteiger charge is -2.10. The Morgan fingerprint density at radius 1 is 1.19 bits per heavy atom. The van der Waals surface area contributed by atoms with Crippen LogP contribution in [0.2, 0.25) is 5.02 Å². The number of carbonyl (C=O) groups excluding carboxylic acids is 1. The van der Waals surface area contributed by atoms with Crippen molar-refractivity contribution in [2.45, 2.75) is 0 Å². The molecule has 2 aromatic carbocycles. The number of nitrogens with zero attached hydrogens (tertiary/aromatic N) is 1. The third kappa shape index (κ3) is 3.29. The molecule has 0 aromatic heterocycles. The summed E-state index contributed by atoms with van der Waals surface area (Å²) in [5.41, 5.74) is 1.31. The predicted octanol–water partition coefficient (Wildman–Crippen LogP) is 3.54. The van der Waals surface area contributed by atoms with Gasteiger partial charge in [-0.25, -0.2) is 0 Å². The summed E-state index contributed by atoms with van der Waals surface area (Å²) in [7, 11) is 1.71. The molecule has 6 nitrogen and oxygen atoms in total. The zero-order valence-electron chi connectivity index (χ0n) is 11.1. The minimum absolute atomic E-state index is 0.111. The summed E-state index contributed by atoms with van der Waals surface area (Å²) in [6.07, 6.45) is 0. The molecule has 108 valence electrons. The molecule has 0 aliphatic carbocycles. The van der Waals surface area contributed by atoms with E-state index in [1.54, 1.807) is 25.2 Å². The van der Waals surface area contributed by atoms with Gasteiger partial charge in [0.05, 0.1) is 21.2 Å². The second-order valence-electron chi connectivity index (χ2n) is 4.17. The first-order chi connectivity index (χ1) is 10.0. The summed E-state index contributed by atoms with van der Waals surface area (Å²) in [6, 6.07) is 10.9. The van der Waals surface area contributed by atoms with Crippen molar-refractivity contribution in [2.75, 3.05) is 17.7 Å². The number of rotatable bonds is 4. The Morgan fingerprint density at radius 2 is 1.90 bits per heavy atom. The number of non-ortho nitro benzene ring substituents is 1. The standard InChI is InChI=1S/C14H12ClN3O3/c1-16-12-5-3-2-4-10(12)14(19)17-13-7-6-9(18(20)21)8-11(13)15/h2-8,16H,1H3,(H,17,19). The number of nitro groups is 1. The van der Waals surface area contributed by atoms with Crippen LogP contribution >= 0.6 is 11.6 Å². The molecule has 21 heavy (non-hydrogen) atoms. The molecule has 0 aliphatic rings. The van der Waals surface area contributed by atoms with Crippen molar-refractivity contribution >= 4 is 34.6 Å². The first-order valence-electron chi connectivity index (χ1n) is 6.05. The number of halogens is 1. The van der Waals surface area contributed by atoms with Crippen molar-refractivity contribution in [3.63, 3.8) is 0 Å². The highest BCUT2D eigenvalue weighted by molar-refractivity contribution is 6.34. The topological polar surface area (TPSA) is 84.3 Å². The molecule has 0 saturated carbocycles. The number of benzene rings is 2. The van der Waals surface area contributed by atoms with E-state index in [-0.39, 0.29) is 16.6 Å². The molecule has 2 aromatic rings. The molecule has 0 fully saturated rings. The molecule has 1 amide bonds. The minimum atomic E-state index is -0.548. The fourth-order valence-electron chi connectivity index (χ4n) is 1.81. The maximum absolute atomic E-state index is 12.2. The predicted molar refractivity (Wildman–Crippen MR) is 82.0 cm³/mol. The van der Waals surface area contributed by atoms with Gasteiger partial charge in [-0.1, -0.05) is 23.7 Å². The molecule has 0 unspecified atom stereocenters. The van der Waals surface area contributed by atoms with Crippen LogP contribution in [-0.4, -0.2) is 17.9 Å². The molecular weight excluding hydrogens is 294 g/mol. The van der Waals surface area contributed by atoms with Crippen molar-refractivity contribution < 1.29 is 9.72 Å². The Hall–Kier alpha value is -2.60. The van der Waals surface area contributed by atoms with E-state index < -0.39 is 4.92 Å². The lowest BCUT2D eigenvalue weighted by molar-refractivity contribution is -0.384. The van der Waals surface area contributed by atoms with Gasteiger partial charge in [0, 0.05) is 24.9 Å². The van der Waals surface area contributed by atoms with Crippen LogP contribution < -0.4 is 10.6 Å². The molecule has 0 spiro atoms. The number of para-hydroxylation sites is 1. The number of anilines is 2. The molecule has 0 bridgehead atoms. The van der Waals surface area contributed by atoms with Crippen LogP contribution in [0.1, 0.15) is 10.4 Å². The van der Waals surface area contributed by atoms with Crippen molar-refractivity contribution in [1.29, 1.82) is 0 Å². The molecule has 0 aliphatic heterocycles. The van der Waals surface area contributed by atoms with Crippen molar-refractivity contribution in [3.8, 4) is 0 Å². The van der Waals surface area contributed by atoms with Crippen molar-refractivity contribution in [2.24, 2.45) is 0 Å². The fraction of sp³-hybridized carbons (Fsp3) is 0.0714. The van der Waals surface area contributed by atoms with E-state index in [1.165, 1.54) is 18.2 Å². The Labute approximate surface area is 125 Å². The Morgan fingerprint density at radius 3 is 2.52 bits per heavy atom. The van der Waals surface area contributed by atoms with Gasteiger partial charge in [-0.2, -0.15) is 0 Å². The van der Waals surface area contributed by atoms with Crippen molar-refractivity contribution in [3.05, 3.63) is 63.2 Å². The zero-order valence-corrected chi connectivity index (χ0v) is 11.8. The van der Waals surface area contributed by atoms with E-state index in [9.17, 15) is 14.9 Å². The molecule has 0 saturated heterocycles. The number of nitro benzene ring substituents is 1. The molecular formula is C14H12ClN3O3. The van der Waals surface area contributed by atoms with Crippen LogP contribution in [0, 0.1) is 10.1 Å². The normalized spacial score (nSPS) is 10.0. The van der Waals surface area contributed by atoms with E-state index in [1.807, 2.05) is 6.07 Å². The molecule has 0 heterocycles. The van der Waals surface area contributed by atoms with Gasteiger partial charge in [-0.15, -0.1) is 0 Å². The quantitative estimate of drug-likeness (QED) is 0.668. The van der Waals surface area contributed by atoms with E-state index in [4.69, 9.17) is 11.6 Å². The van der Waals surface area contributed by atoms with E-state index in [0.717, 1.165) is 0 Å². The third-order valence-corrected chi connectivity index (χ3v) is 3.17. The second kappa shape index (κ2) is 6.23. The van der Waals surface area contributed by atoms with Crippen LogP contribution in [0.25, 0.3) is 0 Å². The van der Waals surface area contributed by atoms with Crippen LogP contribution in [0.5, 0.6) is 0 Å². The lowest BCUT2D eigenvalue weighted by Crippen LogP contribution is -2.14. The molecule has 0 atom stereocenters. The number of hydrogen-bond acceptors (Lipinski definition) is 4. The second-order valence-corrected chi connectivity index (χ2v) is 4.58. The largest absolute Gasteiger partial charge is 0.387 e. The summed E-state index contributed by atoms with van der Waals surface area (Å²) in [6.45, 7) is 0. The van der Waals surface area contributed by atoms with Crippen LogP contribution in [-0.2, 0) is 0 Å². The SMILES string of the molecule is CNc1ccccc1C(=O)Nc1ccc([N+](=O)[O-])cc1Cl. The van der Waals surface area contributed by atoms with Gasteiger partial charge in [0.1, 0.15) is 0 Å². The highest BCUT2D eigenvalue weighted by Crippen LogP contribution is 2.27. The van der Waals surface area contributed by atoms with E-state index in [0.29, 0.717) is 16.9 Å². The average Bonchev–Trinajstić information content (AvgIpc) is 2.48. The number of carbonyl (C=O) groups is 1. The number of hydrogen-bond donors (Lipinski definition) is 2. The summed E-state index contributed by atoms with van der Waals surface area (Å²) in [4.78, 5) is 22.3. The first kappa shape index (κ1) is 14.8. The van der Waals surface area contributed by atoms with Crippen molar-refractivity contribution in [1.82, 2.24) is 0 Å². The Bertz CT molecular complexity index is 704. The maximum atomic E-state index is 12.2. The smallest absolute Gasteiger partial charge is 0.271 e. The first-order valence-corrected chi connectivity index (χ1v) is 6.43. The monoisotopic (exact) mass is 305 g/mol. The van der Waals surface area contributed by atoms with Gasteiger partial charge in [0.25, 0.3) is 11.6 Å². The van der Waals surface area contributed by atoms with Gasteiger partial charge in [-0.3, -0.25) is 14.9 Å². The summed E-state index contributed by atoms with van der Waals surface area (Å²) in [5, 5.41) is 16.3. The molecule has 0 radical (unpaired) electrons. The highest BCUT2D eigenvalue weighted by Gasteiger charge is 2.14. The summed E-state index contributed by atoms with van der Waals surface area (Å²) in [5.74, 6) is -0.351. The fourth-order valence-corrected chi connectivity index (χ4v) is 2.03. The number of amides is 1. The molecule has 2 rings (SSSR count). The van der Waals surface area contributed by atoms with Crippen LogP contribution in [0.4, 0.5) is 17.1 Å². The minimum Gasteiger partial charge on any atom is -0.387 e. The highest BCUT2D eigenvalue weighted by atomic mass is 35.5. The average molecular weight is 306 g/mol. The zero-order chi connectivity index (χ0) is 15.4. The maximum Gasteiger partial charge on any atom is 0.271 e. The molecule has 7 heteroatoms. The summed E-state index contributed by atoms with van der Waals surface area (Å²) < 4.78 is 0. The Balaban J connectivity index is 2.26. The summed E-state index contributed by atoms with van der Waals surface area (Å²) >= 11 is 5.94. The van der Waals surface area contributed by atoms with Gasteiger partial charge in [0.15, 0.2) is 0 Å². The van der Waals surface area contributed by atoms with Gasteiger partial charge in [0.2, 0.25) is 0 Å². The molecule has 2 N–H and O–H groups in total. The van der Waals surface area contributed by atoms with E-state index >= 15 is 0 Å². The van der Waals surface area contributed by atoms with Crippen LogP contribution in [0.15, 0.2) is 42.5 Å². The Kier molecular flexibility index (Phi) is 4.39. The lowest BCUT2D eigenvalue weighted by atomic mass is 10.1. The van der Waals surface area contributed by atoms with Gasteiger partial charge < -0.3 is 10.6 Å². The van der Waals surface area contributed by atoms with Gasteiger partial charge >= 0.3 is 0 Å². The van der Waals surface area contributed by atoms with Crippen LogP contribution in [0.3, 0.4) is 0 Å². The third-order valence-electron chi connectivity index (χ3n) is 2.85.